The number of hydrogen-bond acceptors (Lipinski definition) is 5. The van der Waals surface area contributed by atoms with Crippen LogP contribution in [0.15, 0.2) is 18.3 Å². The smallest absolute Gasteiger partial charge is 0.123 e. The van der Waals surface area contributed by atoms with Gasteiger partial charge in [0.2, 0.25) is 0 Å². The number of pyridine rings is 1. The quantitative estimate of drug-likeness (QED) is 0.651. The summed E-state index contributed by atoms with van der Waals surface area (Å²) in [6, 6.07) is 3.63. The average molecular weight is 240 g/mol. The number of rotatable bonds is 8. The van der Waals surface area contributed by atoms with Crippen LogP contribution in [-0.4, -0.2) is 43.1 Å². The second kappa shape index (κ2) is 8.00. The Hall–Kier alpha value is -1.17. The lowest BCUT2D eigenvalue weighted by Gasteiger charge is -2.11. The van der Waals surface area contributed by atoms with Gasteiger partial charge >= 0.3 is 0 Å². The lowest BCUT2D eigenvalue weighted by atomic mass is 10.1. The summed E-state index contributed by atoms with van der Waals surface area (Å²) in [7, 11) is 1.63. The molecule has 0 aromatic carbocycles. The molecule has 1 atom stereocenters. The number of nitrogen functional groups attached to an aromatic ring is 1. The molecule has 0 saturated carbocycles. The summed E-state index contributed by atoms with van der Waals surface area (Å²) < 4.78 is 10.1. The summed E-state index contributed by atoms with van der Waals surface area (Å²) in [5.74, 6) is 0.478. The number of methoxy groups -OCH3 is 1. The van der Waals surface area contributed by atoms with Crippen molar-refractivity contribution in [3.05, 3.63) is 23.9 Å². The molecule has 1 rings (SSSR count). The molecule has 1 heterocycles. The first kappa shape index (κ1) is 13.9. The molecule has 0 aliphatic rings. The molecule has 0 fully saturated rings. The average Bonchev–Trinajstić information content (AvgIpc) is 2.29. The maximum Gasteiger partial charge on any atom is 0.123 e. The van der Waals surface area contributed by atoms with Crippen LogP contribution in [0.4, 0.5) is 5.82 Å². The van der Waals surface area contributed by atoms with Crippen LogP contribution >= 0.6 is 0 Å². The zero-order chi connectivity index (χ0) is 12.5. The third kappa shape index (κ3) is 6.21. The van der Waals surface area contributed by atoms with Crippen LogP contribution in [0.2, 0.25) is 0 Å². The van der Waals surface area contributed by atoms with Crippen molar-refractivity contribution < 1.29 is 14.6 Å². The largest absolute Gasteiger partial charge is 0.393 e. The fraction of sp³-hybridized carbons (Fsp3) is 0.583. The number of hydrogen-bond donors (Lipinski definition) is 2. The molecule has 96 valence electrons. The third-order valence-electron chi connectivity index (χ3n) is 2.34. The van der Waals surface area contributed by atoms with Crippen molar-refractivity contribution in [2.24, 2.45) is 0 Å². The highest BCUT2D eigenvalue weighted by Crippen LogP contribution is 2.08. The van der Waals surface area contributed by atoms with Gasteiger partial charge in [0, 0.05) is 19.9 Å². The molecule has 5 heteroatoms. The Morgan fingerprint density at radius 3 is 2.94 bits per heavy atom. The molecule has 0 amide bonds. The van der Waals surface area contributed by atoms with Crippen LogP contribution in [0.25, 0.3) is 0 Å². The van der Waals surface area contributed by atoms with E-state index in [9.17, 15) is 5.11 Å². The van der Waals surface area contributed by atoms with E-state index in [0.29, 0.717) is 38.5 Å². The van der Waals surface area contributed by atoms with Gasteiger partial charge in [-0.3, -0.25) is 0 Å². The summed E-state index contributed by atoms with van der Waals surface area (Å²) in [5.41, 5.74) is 6.55. The second-order valence-electron chi connectivity index (χ2n) is 3.84. The summed E-state index contributed by atoms with van der Waals surface area (Å²) >= 11 is 0. The molecule has 0 aliphatic carbocycles. The van der Waals surface area contributed by atoms with E-state index in [0.717, 1.165) is 5.56 Å². The van der Waals surface area contributed by atoms with E-state index in [4.69, 9.17) is 15.2 Å². The molecule has 1 aromatic rings. The number of aromatic nitrogens is 1. The normalized spacial score (nSPS) is 12.6. The van der Waals surface area contributed by atoms with Crippen molar-refractivity contribution in [3.8, 4) is 0 Å². The van der Waals surface area contributed by atoms with Gasteiger partial charge in [0.05, 0.1) is 19.3 Å². The number of aliphatic hydroxyl groups excluding tert-OH is 1. The van der Waals surface area contributed by atoms with Crippen molar-refractivity contribution in [2.75, 3.05) is 32.7 Å². The Bertz CT molecular complexity index is 320. The van der Waals surface area contributed by atoms with E-state index in [-0.39, 0.29) is 0 Å². The van der Waals surface area contributed by atoms with Gasteiger partial charge < -0.3 is 20.3 Å². The molecule has 0 aliphatic heterocycles. The Morgan fingerprint density at radius 1 is 1.41 bits per heavy atom. The molecular formula is C12H20N2O3. The molecule has 3 N–H and O–H groups in total. The van der Waals surface area contributed by atoms with Crippen molar-refractivity contribution in [1.29, 1.82) is 0 Å². The van der Waals surface area contributed by atoms with Crippen molar-refractivity contribution >= 4 is 5.82 Å². The van der Waals surface area contributed by atoms with Crippen LogP contribution in [0.1, 0.15) is 12.0 Å². The SMILES string of the molecule is COCCOCCC(O)Cc1ccnc(N)c1. The monoisotopic (exact) mass is 240 g/mol. The van der Waals surface area contributed by atoms with Crippen LogP contribution in [0.5, 0.6) is 0 Å². The highest BCUT2D eigenvalue weighted by Gasteiger charge is 2.06. The van der Waals surface area contributed by atoms with Crippen LogP contribution in [-0.2, 0) is 15.9 Å². The van der Waals surface area contributed by atoms with Gasteiger partial charge in [-0.05, 0) is 30.5 Å². The first-order chi connectivity index (χ1) is 8.22. The van der Waals surface area contributed by atoms with Gasteiger partial charge in [-0.1, -0.05) is 0 Å². The lowest BCUT2D eigenvalue weighted by molar-refractivity contribution is 0.0479. The highest BCUT2D eigenvalue weighted by atomic mass is 16.5. The molecule has 1 unspecified atom stereocenters. The van der Waals surface area contributed by atoms with E-state index < -0.39 is 6.10 Å². The minimum Gasteiger partial charge on any atom is -0.393 e. The topological polar surface area (TPSA) is 77.6 Å². The summed E-state index contributed by atoms with van der Waals surface area (Å²) in [5, 5.41) is 9.78. The van der Waals surface area contributed by atoms with Crippen molar-refractivity contribution in [2.45, 2.75) is 18.9 Å². The fourth-order valence-corrected chi connectivity index (χ4v) is 1.46. The fourth-order valence-electron chi connectivity index (χ4n) is 1.46. The van der Waals surface area contributed by atoms with Gasteiger partial charge in [-0.25, -0.2) is 4.98 Å². The summed E-state index contributed by atoms with van der Waals surface area (Å²) in [4.78, 5) is 3.90. The first-order valence-electron chi connectivity index (χ1n) is 5.67. The minimum atomic E-state index is -0.417. The number of ether oxygens (including phenoxy) is 2. The summed E-state index contributed by atoms with van der Waals surface area (Å²) in [6.07, 6.45) is 2.40. The van der Waals surface area contributed by atoms with Gasteiger partial charge in [0.15, 0.2) is 0 Å². The van der Waals surface area contributed by atoms with E-state index in [1.54, 1.807) is 19.4 Å². The minimum absolute atomic E-state index is 0.417. The molecule has 17 heavy (non-hydrogen) atoms. The number of nitrogens with zero attached hydrogens (tertiary/aromatic N) is 1. The van der Waals surface area contributed by atoms with Gasteiger partial charge in [-0.15, -0.1) is 0 Å². The zero-order valence-electron chi connectivity index (χ0n) is 10.1. The van der Waals surface area contributed by atoms with E-state index in [1.165, 1.54) is 0 Å². The number of anilines is 1. The Labute approximate surface area is 102 Å². The van der Waals surface area contributed by atoms with Crippen LogP contribution < -0.4 is 5.73 Å². The highest BCUT2D eigenvalue weighted by molar-refractivity contribution is 5.32. The van der Waals surface area contributed by atoms with Crippen molar-refractivity contribution in [3.63, 3.8) is 0 Å². The summed E-state index contributed by atoms with van der Waals surface area (Å²) in [6.45, 7) is 1.67. The van der Waals surface area contributed by atoms with Gasteiger partial charge in [0.1, 0.15) is 5.82 Å². The second-order valence-corrected chi connectivity index (χ2v) is 3.84. The van der Waals surface area contributed by atoms with Crippen LogP contribution in [0, 0.1) is 0 Å². The molecule has 0 radical (unpaired) electrons. The Morgan fingerprint density at radius 2 is 2.24 bits per heavy atom. The number of nitrogens with two attached hydrogens (primary N) is 1. The maximum atomic E-state index is 9.78. The lowest BCUT2D eigenvalue weighted by Crippen LogP contribution is -2.15. The predicted molar refractivity (Wildman–Crippen MR) is 65.7 cm³/mol. The number of aliphatic hydroxyl groups is 1. The predicted octanol–water partition coefficient (Wildman–Crippen LogP) is 0.620. The molecule has 0 bridgehead atoms. The Kier molecular flexibility index (Phi) is 6.54. The molecule has 5 nitrogen and oxygen atoms in total. The first-order valence-corrected chi connectivity index (χ1v) is 5.67. The van der Waals surface area contributed by atoms with E-state index in [1.807, 2.05) is 6.07 Å². The molecule has 1 aromatic heterocycles. The molecule has 0 saturated heterocycles. The third-order valence-corrected chi connectivity index (χ3v) is 2.34. The van der Waals surface area contributed by atoms with E-state index >= 15 is 0 Å². The molecule has 0 spiro atoms. The molecular weight excluding hydrogens is 220 g/mol. The van der Waals surface area contributed by atoms with Gasteiger partial charge in [0.25, 0.3) is 0 Å². The van der Waals surface area contributed by atoms with Gasteiger partial charge in [-0.2, -0.15) is 0 Å². The van der Waals surface area contributed by atoms with Crippen molar-refractivity contribution in [1.82, 2.24) is 4.98 Å². The standard InChI is InChI=1S/C12H20N2O3/c1-16-6-7-17-5-3-11(15)8-10-2-4-14-12(13)9-10/h2,4,9,11,15H,3,5-8H2,1H3,(H2,13,14). The van der Waals surface area contributed by atoms with E-state index in [2.05, 4.69) is 4.98 Å². The maximum absolute atomic E-state index is 9.78. The zero-order valence-corrected chi connectivity index (χ0v) is 10.1. The van der Waals surface area contributed by atoms with Crippen LogP contribution in [0.3, 0.4) is 0 Å². The Balaban J connectivity index is 2.18.